The van der Waals surface area contributed by atoms with Crippen LogP contribution in [-0.2, 0) is 4.79 Å². The van der Waals surface area contributed by atoms with E-state index in [-0.39, 0.29) is 5.75 Å². The fraction of sp³-hybridized carbons (Fsp3) is 0.214. The highest BCUT2D eigenvalue weighted by atomic mass is 19.1. The number of hydrogen-bond acceptors (Lipinski definition) is 4. The zero-order valence-corrected chi connectivity index (χ0v) is 10.9. The van der Waals surface area contributed by atoms with Crippen LogP contribution >= 0.6 is 0 Å². The van der Waals surface area contributed by atoms with Crippen LogP contribution in [0.25, 0.3) is 0 Å². The van der Waals surface area contributed by atoms with Gasteiger partial charge in [-0.25, -0.2) is 4.39 Å². The maximum atomic E-state index is 13.5. The van der Waals surface area contributed by atoms with Gasteiger partial charge >= 0.3 is 0 Å². The number of halogens is 1. The van der Waals surface area contributed by atoms with E-state index in [1.165, 1.54) is 18.3 Å². The first-order chi connectivity index (χ1) is 9.70. The number of amides is 1. The molecule has 1 atom stereocenters. The standard InChI is InChI=1S/C14H14FN3O2/c1-2-11(20-12-7-4-3-6-10(12)15)14(19)17-13-8-5-9-16-18-13/h3-9,11H,2H2,1H3,(H,17,18,19). The van der Waals surface area contributed by atoms with E-state index >= 15 is 0 Å². The Balaban J connectivity index is 2.05. The van der Waals surface area contributed by atoms with Crippen molar-refractivity contribution in [3.8, 4) is 5.75 Å². The quantitative estimate of drug-likeness (QED) is 0.910. The molecule has 6 heteroatoms. The number of nitrogens with one attached hydrogen (secondary N) is 1. The highest BCUT2D eigenvalue weighted by Crippen LogP contribution is 2.18. The van der Waals surface area contributed by atoms with Crippen LogP contribution in [0.15, 0.2) is 42.6 Å². The third-order valence-corrected chi connectivity index (χ3v) is 2.59. The molecule has 2 rings (SSSR count). The summed E-state index contributed by atoms with van der Waals surface area (Å²) in [5, 5.41) is 9.98. The van der Waals surface area contributed by atoms with Gasteiger partial charge in [0, 0.05) is 6.20 Å². The molecule has 0 spiro atoms. The Bertz CT molecular complexity index is 578. The number of hydrogen-bond donors (Lipinski definition) is 1. The van der Waals surface area contributed by atoms with Crippen LogP contribution in [0.5, 0.6) is 5.75 Å². The molecular weight excluding hydrogens is 261 g/mol. The summed E-state index contributed by atoms with van der Waals surface area (Å²) in [6, 6.07) is 9.23. The molecule has 104 valence electrons. The van der Waals surface area contributed by atoms with Crippen molar-refractivity contribution in [1.29, 1.82) is 0 Å². The number of carbonyl (C=O) groups is 1. The van der Waals surface area contributed by atoms with Crippen molar-refractivity contribution in [2.45, 2.75) is 19.4 Å². The molecule has 0 fully saturated rings. The van der Waals surface area contributed by atoms with Gasteiger partial charge < -0.3 is 10.1 Å². The van der Waals surface area contributed by atoms with Crippen LogP contribution in [0.1, 0.15) is 13.3 Å². The molecule has 20 heavy (non-hydrogen) atoms. The first-order valence-corrected chi connectivity index (χ1v) is 6.20. The third kappa shape index (κ3) is 3.50. The number of nitrogens with zero attached hydrogens (tertiary/aromatic N) is 2. The second kappa shape index (κ2) is 6.60. The fourth-order valence-corrected chi connectivity index (χ4v) is 1.59. The molecular formula is C14H14FN3O2. The molecule has 1 aromatic carbocycles. The zero-order valence-electron chi connectivity index (χ0n) is 10.9. The van der Waals surface area contributed by atoms with E-state index < -0.39 is 17.8 Å². The van der Waals surface area contributed by atoms with Crippen LogP contribution < -0.4 is 10.1 Å². The highest BCUT2D eigenvalue weighted by Gasteiger charge is 2.20. The predicted molar refractivity (Wildman–Crippen MR) is 71.8 cm³/mol. The van der Waals surface area contributed by atoms with Crippen LogP contribution in [0.4, 0.5) is 10.2 Å². The summed E-state index contributed by atoms with van der Waals surface area (Å²) in [5.74, 6) is -0.517. The number of carbonyl (C=O) groups excluding carboxylic acids is 1. The van der Waals surface area contributed by atoms with Crippen LogP contribution in [0.3, 0.4) is 0 Å². The first kappa shape index (κ1) is 13.9. The number of anilines is 1. The van der Waals surface area contributed by atoms with Crippen molar-refractivity contribution in [1.82, 2.24) is 10.2 Å². The smallest absolute Gasteiger partial charge is 0.266 e. The summed E-state index contributed by atoms with van der Waals surface area (Å²) < 4.78 is 18.9. The van der Waals surface area contributed by atoms with Gasteiger partial charge in [-0.3, -0.25) is 4.79 Å². The van der Waals surface area contributed by atoms with Gasteiger partial charge in [-0.05, 0) is 30.7 Å². The highest BCUT2D eigenvalue weighted by molar-refractivity contribution is 5.93. The minimum absolute atomic E-state index is 0.0497. The molecule has 1 amide bonds. The molecule has 2 aromatic rings. The van der Waals surface area contributed by atoms with Gasteiger partial charge in [0.05, 0.1) is 0 Å². The molecule has 1 aromatic heterocycles. The lowest BCUT2D eigenvalue weighted by molar-refractivity contribution is -0.122. The molecule has 1 heterocycles. The van der Waals surface area contributed by atoms with E-state index in [1.54, 1.807) is 31.2 Å². The third-order valence-electron chi connectivity index (χ3n) is 2.59. The molecule has 0 aliphatic rings. The Morgan fingerprint density at radius 1 is 1.35 bits per heavy atom. The van der Waals surface area contributed by atoms with Gasteiger partial charge in [0.2, 0.25) is 0 Å². The largest absolute Gasteiger partial charge is 0.478 e. The van der Waals surface area contributed by atoms with Crippen molar-refractivity contribution in [2.24, 2.45) is 0 Å². The lowest BCUT2D eigenvalue weighted by Crippen LogP contribution is -2.33. The lowest BCUT2D eigenvalue weighted by atomic mass is 10.2. The molecule has 1 unspecified atom stereocenters. The Morgan fingerprint density at radius 3 is 2.80 bits per heavy atom. The Kier molecular flexibility index (Phi) is 4.60. The molecule has 5 nitrogen and oxygen atoms in total. The molecule has 0 saturated heterocycles. The van der Waals surface area contributed by atoms with E-state index in [9.17, 15) is 9.18 Å². The van der Waals surface area contributed by atoms with E-state index in [0.717, 1.165) is 0 Å². The monoisotopic (exact) mass is 275 g/mol. The summed E-state index contributed by atoms with van der Waals surface area (Å²) in [6.45, 7) is 1.78. The van der Waals surface area contributed by atoms with Crippen molar-refractivity contribution in [3.05, 3.63) is 48.4 Å². The summed E-state index contributed by atoms with van der Waals surface area (Å²) in [7, 11) is 0. The summed E-state index contributed by atoms with van der Waals surface area (Å²) >= 11 is 0. The van der Waals surface area contributed by atoms with Gasteiger partial charge in [0.25, 0.3) is 5.91 Å². The lowest BCUT2D eigenvalue weighted by Gasteiger charge is -2.17. The number of para-hydroxylation sites is 1. The minimum Gasteiger partial charge on any atom is -0.478 e. The summed E-state index contributed by atoms with van der Waals surface area (Å²) in [5.41, 5.74) is 0. The van der Waals surface area contributed by atoms with Crippen molar-refractivity contribution in [3.63, 3.8) is 0 Å². The van der Waals surface area contributed by atoms with Crippen LogP contribution in [-0.4, -0.2) is 22.2 Å². The molecule has 0 radical (unpaired) electrons. The second-order valence-electron chi connectivity index (χ2n) is 4.04. The Hall–Kier alpha value is -2.50. The molecule has 0 bridgehead atoms. The minimum atomic E-state index is -0.797. The number of benzene rings is 1. The second-order valence-corrected chi connectivity index (χ2v) is 4.04. The summed E-state index contributed by atoms with van der Waals surface area (Å²) in [6.07, 6.45) is 1.11. The maximum absolute atomic E-state index is 13.5. The molecule has 0 aliphatic carbocycles. The first-order valence-electron chi connectivity index (χ1n) is 6.20. The normalized spacial score (nSPS) is 11.7. The van der Waals surface area contributed by atoms with E-state index in [1.807, 2.05) is 0 Å². The van der Waals surface area contributed by atoms with Crippen LogP contribution in [0, 0.1) is 5.82 Å². The fourth-order valence-electron chi connectivity index (χ4n) is 1.59. The van der Waals surface area contributed by atoms with E-state index in [2.05, 4.69) is 15.5 Å². The number of rotatable bonds is 5. The van der Waals surface area contributed by atoms with E-state index in [0.29, 0.717) is 12.2 Å². The van der Waals surface area contributed by atoms with Crippen LogP contribution in [0.2, 0.25) is 0 Å². The average molecular weight is 275 g/mol. The Morgan fingerprint density at radius 2 is 2.15 bits per heavy atom. The van der Waals surface area contributed by atoms with Crippen molar-refractivity contribution in [2.75, 3.05) is 5.32 Å². The molecule has 1 N–H and O–H groups in total. The van der Waals surface area contributed by atoms with Gasteiger partial charge in [-0.15, -0.1) is 5.10 Å². The van der Waals surface area contributed by atoms with Gasteiger partial charge in [-0.2, -0.15) is 5.10 Å². The number of aromatic nitrogens is 2. The molecule has 0 aliphatic heterocycles. The van der Waals surface area contributed by atoms with E-state index in [4.69, 9.17) is 4.74 Å². The average Bonchev–Trinajstić information content (AvgIpc) is 2.47. The van der Waals surface area contributed by atoms with Gasteiger partial charge in [0.1, 0.15) is 0 Å². The predicted octanol–water partition coefficient (Wildman–Crippen LogP) is 2.41. The zero-order chi connectivity index (χ0) is 14.4. The number of ether oxygens (including phenoxy) is 1. The Labute approximate surface area is 115 Å². The topological polar surface area (TPSA) is 64.1 Å². The van der Waals surface area contributed by atoms with Gasteiger partial charge in [0.15, 0.2) is 23.5 Å². The van der Waals surface area contributed by atoms with Gasteiger partial charge in [-0.1, -0.05) is 19.1 Å². The SMILES string of the molecule is CCC(Oc1ccccc1F)C(=O)Nc1cccnn1. The summed E-state index contributed by atoms with van der Waals surface area (Å²) in [4.78, 5) is 12.0. The maximum Gasteiger partial charge on any atom is 0.266 e. The van der Waals surface area contributed by atoms with Crippen molar-refractivity contribution < 1.29 is 13.9 Å². The molecule has 0 saturated carbocycles. The van der Waals surface area contributed by atoms with Crippen molar-refractivity contribution >= 4 is 11.7 Å².